The van der Waals surface area contributed by atoms with E-state index in [1.807, 2.05) is 61.6 Å². The number of benzene rings is 2. The first-order valence-electron chi connectivity index (χ1n) is 7.90. The van der Waals surface area contributed by atoms with Crippen LogP contribution in [0.1, 0.15) is 31.9 Å². The van der Waals surface area contributed by atoms with Gasteiger partial charge in [-0.05, 0) is 37.6 Å². The lowest BCUT2D eigenvalue weighted by atomic mass is 10.0. The van der Waals surface area contributed by atoms with Gasteiger partial charge in [0, 0.05) is 36.9 Å². The molecule has 4 nitrogen and oxygen atoms in total. The molecule has 0 saturated carbocycles. The number of carbonyl (C=O) groups excluding carboxylic acids is 1. The standard InChI is InChI=1S/C19H25N3O/c1-14(2)22(3)17-11-7-10-16(12-17)21-19(23)13-18(20)15-8-5-4-6-9-15/h4-12,14,18H,13,20H2,1-3H3,(H,21,23). The van der Waals surface area contributed by atoms with Crippen LogP contribution in [0.5, 0.6) is 0 Å². The van der Waals surface area contributed by atoms with E-state index < -0.39 is 0 Å². The number of nitrogens with one attached hydrogen (secondary N) is 1. The zero-order chi connectivity index (χ0) is 16.8. The maximum Gasteiger partial charge on any atom is 0.226 e. The fraction of sp³-hybridized carbons (Fsp3) is 0.316. The molecule has 1 amide bonds. The second-order valence-electron chi connectivity index (χ2n) is 6.02. The Labute approximate surface area is 138 Å². The van der Waals surface area contributed by atoms with Gasteiger partial charge in [0.2, 0.25) is 5.91 Å². The second kappa shape index (κ2) is 7.79. The molecule has 3 N–H and O–H groups in total. The minimum atomic E-state index is -0.294. The minimum Gasteiger partial charge on any atom is -0.372 e. The third-order valence-corrected chi connectivity index (χ3v) is 3.94. The zero-order valence-electron chi connectivity index (χ0n) is 14.0. The first-order valence-corrected chi connectivity index (χ1v) is 7.90. The summed E-state index contributed by atoms with van der Waals surface area (Å²) in [5.41, 5.74) is 8.93. The summed E-state index contributed by atoms with van der Waals surface area (Å²) >= 11 is 0. The van der Waals surface area contributed by atoms with Gasteiger partial charge in [-0.2, -0.15) is 0 Å². The third-order valence-electron chi connectivity index (χ3n) is 3.94. The van der Waals surface area contributed by atoms with Crippen LogP contribution in [0.3, 0.4) is 0 Å². The van der Waals surface area contributed by atoms with Crippen LogP contribution in [-0.4, -0.2) is 19.0 Å². The van der Waals surface area contributed by atoms with E-state index >= 15 is 0 Å². The van der Waals surface area contributed by atoms with Crippen molar-refractivity contribution in [3.8, 4) is 0 Å². The molecule has 0 heterocycles. The van der Waals surface area contributed by atoms with Crippen LogP contribution < -0.4 is 16.0 Å². The van der Waals surface area contributed by atoms with Crippen molar-refractivity contribution in [2.45, 2.75) is 32.4 Å². The summed E-state index contributed by atoms with van der Waals surface area (Å²) in [7, 11) is 2.04. The maximum atomic E-state index is 12.2. The number of nitrogens with zero attached hydrogens (tertiary/aromatic N) is 1. The number of rotatable bonds is 6. The van der Waals surface area contributed by atoms with Crippen LogP contribution in [0, 0.1) is 0 Å². The lowest BCUT2D eigenvalue weighted by molar-refractivity contribution is -0.116. The van der Waals surface area contributed by atoms with Gasteiger partial charge in [0.05, 0.1) is 0 Å². The molecule has 0 aliphatic heterocycles. The molecule has 0 aliphatic carbocycles. The van der Waals surface area contributed by atoms with Crippen LogP contribution in [0.4, 0.5) is 11.4 Å². The smallest absolute Gasteiger partial charge is 0.226 e. The molecule has 0 bridgehead atoms. The monoisotopic (exact) mass is 311 g/mol. The summed E-state index contributed by atoms with van der Waals surface area (Å²) in [6, 6.07) is 17.6. The van der Waals surface area contributed by atoms with Crippen molar-refractivity contribution < 1.29 is 4.79 Å². The number of anilines is 2. The average Bonchev–Trinajstić information content (AvgIpc) is 2.55. The molecule has 0 aliphatic rings. The molecule has 0 spiro atoms. The highest BCUT2D eigenvalue weighted by Crippen LogP contribution is 2.21. The lowest BCUT2D eigenvalue weighted by Crippen LogP contribution is -2.25. The van der Waals surface area contributed by atoms with Crippen molar-refractivity contribution in [3.63, 3.8) is 0 Å². The Morgan fingerprint density at radius 2 is 1.83 bits per heavy atom. The minimum absolute atomic E-state index is 0.0781. The molecule has 0 aromatic heterocycles. The Kier molecular flexibility index (Phi) is 5.77. The fourth-order valence-corrected chi connectivity index (χ4v) is 2.33. The van der Waals surface area contributed by atoms with Gasteiger partial charge in [-0.15, -0.1) is 0 Å². The van der Waals surface area contributed by atoms with Crippen molar-refractivity contribution in [1.82, 2.24) is 0 Å². The van der Waals surface area contributed by atoms with E-state index in [0.29, 0.717) is 6.04 Å². The Morgan fingerprint density at radius 1 is 1.13 bits per heavy atom. The van der Waals surface area contributed by atoms with Gasteiger partial charge >= 0.3 is 0 Å². The van der Waals surface area contributed by atoms with Crippen LogP contribution >= 0.6 is 0 Å². The SMILES string of the molecule is CC(C)N(C)c1cccc(NC(=O)CC(N)c2ccccc2)c1. The Balaban J connectivity index is 1.99. The van der Waals surface area contributed by atoms with E-state index in [1.54, 1.807) is 0 Å². The third kappa shape index (κ3) is 4.83. The normalized spacial score (nSPS) is 12.0. The van der Waals surface area contributed by atoms with Gasteiger partial charge in [0.25, 0.3) is 0 Å². The van der Waals surface area contributed by atoms with Crippen molar-refractivity contribution in [3.05, 3.63) is 60.2 Å². The van der Waals surface area contributed by atoms with Crippen molar-refractivity contribution in [1.29, 1.82) is 0 Å². The molecule has 23 heavy (non-hydrogen) atoms. The van der Waals surface area contributed by atoms with Gasteiger partial charge in [-0.3, -0.25) is 4.79 Å². The molecule has 1 unspecified atom stereocenters. The molecule has 2 aromatic rings. The Hall–Kier alpha value is -2.33. The molecule has 2 aromatic carbocycles. The highest BCUT2D eigenvalue weighted by molar-refractivity contribution is 5.91. The van der Waals surface area contributed by atoms with E-state index in [2.05, 4.69) is 24.1 Å². The van der Waals surface area contributed by atoms with E-state index in [1.165, 1.54) is 0 Å². The first kappa shape index (κ1) is 17.0. The number of nitrogens with two attached hydrogens (primary N) is 1. The highest BCUT2D eigenvalue weighted by atomic mass is 16.1. The van der Waals surface area contributed by atoms with E-state index in [9.17, 15) is 4.79 Å². The van der Waals surface area contributed by atoms with Gasteiger partial charge in [-0.25, -0.2) is 0 Å². The molecule has 0 radical (unpaired) electrons. The number of carbonyl (C=O) groups is 1. The molecular formula is C19H25N3O. The van der Waals surface area contributed by atoms with Crippen molar-refractivity contribution >= 4 is 17.3 Å². The second-order valence-corrected chi connectivity index (χ2v) is 6.02. The average molecular weight is 311 g/mol. The fourth-order valence-electron chi connectivity index (χ4n) is 2.33. The molecule has 1 atom stereocenters. The van der Waals surface area contributed by atoms with Crippen molar-refractivity contribution in [2.24, 2.45) is 5.73 Å². The quantitative estimate of drug-likeness (QED) is 0.857. The van der Waals surface area contributed by atoms with Crippen molar-refractivity contribution in [2.75, 3.05) is 17.3 Å². The van der Waals surface area contributed by atoms with Crippen LogP contribution in [0.15, 0.2) is 54.6 Å². The Morgan fingerprint density at radius 3 is 2.48 bits per heavy atom. The molecule has 2 rings (SSSR count). The number of hydrogen-bond donors (Lipinski definition) is 2. The van der Waals surface area contributed by atoms with Crippen LogP contribution in [0.25, 0.3) is 0 Å². The summed E-state index contributed by atoms with van der Waals surface area (Å²) in [4.78, 5) is 14.4. The molecule has 4 heteroatoms. The molecule has 0 fully saturated rings. The molecular weight excluding hydrogens is 286 g/mol. The van der Waals surface area contributed by atoms with E-state index in [4.69, 9.17) is 5.73 Å². The molecule has 122 valence electrons. The summed E-state index contributed by atoms with van der Waals surface area (Å²) in [5.74, 6) is -0.0781. The van der Waals surface area contributed by atoms with Crippen LogP contribution in [0.2, 0.25) is 0 Å². The number of amides is 1. The van der Waals surface area contributed by atoms with E-state index in [0.717, 1.165) is 16.9 Å². The van der Waals surface area contributed by atoms with Gasteiger partial charge in [-0.1, -0.05) is 36.4 Å². The van der Waals surface area contributed by atoms with Gasteiger partial charge < -0.3 is 16.0 Å². The summed E-state index contributed by atoms with van der Waals surface area (Å²) in [6.45, 7) is 4.26. The highest BCUT2D eigenvalue weighted by Gasteiger charge is 2.12. The first-order chi connectivity index (χ1) is 11.0. The number of hydrogen-bond acceptors (Lipinski definition) is 3. The topological polar surface area (TPSA) is 58.4 Å². The lowest BCUT2D eigenvalue weighted by Gasteiger charge is -2.24. The summed E-state index contributed by atoms with van der Waals surface area (Å²) in [5, 5.41) is 2.93. The van der Waals surface area contributed by atoms with Crippen LogP contribution in [-0.2, 0) is 4.79 Å². The summed E-state index contributed by atoms with van der Waals surface area (Å²) < 4.78 is 0. The largest absolute Gasteiger partial charge is 0.372 e. The maximum absolute atomic E-state index is 12.2. The Bertz CT molecular complexity index is 640. The molecule has 0 saturated heterocycles. The zero-order valence-corrected chi connectivity index (χ0v) is 14.0. The summed E-state index contributed by atoms with van der Waals surface area (Å²) in [6.07, 6.45) is 0.258. The predicted molar refractivity (Wildman–Crippen MR) is 96.6 cm³/mol. The predicted octanol–water partition coefficient (Wildman–Crippen LogP) is 3.56. The van der Waals surface area contributed by atoms with Gasteiger partial charge in [0.1, 0.15) is 0 Å². The van der Waals surface area contributed by atoms with E-state index in [-0.39, 0.29) is 18.4 Å². The van der Waals surface area contributed by atoms with Gasteiger partial charge in [0.15, 0.2) is 0 Å².